The van der Waals surface area contributed by atoms with Crippen LogP contribution in [0.2, 0.25) is 0 Å². The minimum absolute atomic E-state index is 0.106. The van der Waals surface area contributed by atoms with E-state index in [0.29, 0.717) is 25.7 Å². The van der Waals surface area contributed by atoms with Crippen molar-refractivity contribution in [2.45, 2.75) is 426 Å². The molecule has 0 radical (unpaired) electrons. The number of phosphoric acid groups is 2. The van der Waals surface area contributed by atoms with Crippen LogP contribution in [0.1, 0.15) is 408 Å². The zero-order valence-corrected chi connectivity index (χ0v) is 66.0. The van der Waals surface area contributed by atoms with E-state index in [9.17, 15) is 43.2 Å². The molecule has 582 valence electrons. The molecule has 0 amide bonds. The van der Waals surface area contributed by atoms with Gasteiger partial charge in [0.25, 0.3) is 0 Å². The normalized spacial score (nSPS) is 14.3. The van der Waals surface area contributed by atoms with Crippen LogP contribution in [0, 0.1) is 17.8 Å². The number of esters is 4. The highest BCUT2D eigenvalue weighted by molar-refractivity contribution is 7.47. The molecular weight excluding hydrogens is 1280 g/mol. The van der Waals surface area contributed by atoms with Crippen molar-refractivity contribution in [1.29, 1.82) is 0 Å². The Morgan fingerprint density at radius 2 is 0.520 bits per heavy atom. The first-order chi connectivity index (χ1) is 47.3. The molecule has 0 aromatic heterocycles. The fourth-order valence-electron chi connectivity index (χ4n) is 12.1. The fourth-order valence-corrected chi connectivity index (χ4v) is 13.7. The number of aliphatic hydroxyl groups excluding tert-OH is 1. The van der Waals surface area contributed by atoms with Crippen molar-refractivity contribution in [2.75, 3.05) is 39.6 Å². The molecular formula is C79H154O17P2. The Hall–Kier alpha value is -1.94. The molecule has 98 heavy (non-hydrogen) atoms. The molecule has 0 bridgehead atoms. The third-order valence-electron chi connectivity index (χ3n) is 18.7. The Balaban J connectivity index is 5.26. The number of carbonyl (C=O) groups excluding carboxylic acids is 4. The van der Waals surface area contributed by atoms with Crippen LogP contribution in [0.5, 0.6) is 0 Å². The maximum atomic E-state index is 13.1. The Morgan fingerprint density at radius 3 is 0.776 bits per heavy atom. The van der Waals surface area contributed by atoms with E-state index in [0.717, 1.165) is 108 Å². The van der Waals surface area contributed by atoms with Crippen LogP contribution in [0.25, 0.3) is 0 Å². The highest BCUT2D eigenvalue weighted by Crippen LogP contribution is 2.45. The van der Waals surface area contributed by atoms with E-state index in [1.807, 2.05) is 0 Å². The number of carbonyl (C=O) groups is 4. The molecule has 0 aliphatic rings. The van der Waals surface area contributed by atoms with Gasteiger partial charge in [0.05, 0.1) is 26.4 Å². The van der Waals surface area contributed by atoms with Crippen molar-refractivity contribution < 1.29 is 80.2 Å². The van der Waals surface area contributed by atoms with Gasteiger partial charge in [0.1, 0.15) is 19.3 Å². The van der Waals surface area contributed by atoms with Gasteiger partial charge in [-0.25, -0.2) is 9.13 Å². The number of unbranched alkanes of at least 4 members (excludes halogenated alkanes) is 44. The summed E-state index contributed by atoms with van der Waals surface area (Å²) in [7, 11) is -9.92. The maximum absolute atomic E-state index is 13.1. The highest BCUT2D eigenvalue weighted by Gasteiger charge is 2.30. The quantitative estimate of drug-likeness (QED) is 0.0222. The first-order valence-electron chi connectivity index (χ1n) is 40.9. The van der Waals surface area contributed by atoms with Crippen LogP contribution in [0.3, 0.4) is 0 Å². The first-order valence-corrected chi connectivity index (χ1v) is 43.9. The molecule has 0 heterocycles. The van der Waals surface area contributed by atoms with Crippen LogP contribution in [-0.2, 0) is 65.4 Å². The van der Waals surface area contributed by atoms with E-state index in [1.165, 1.54) is 218 Å². The molecule has 6 atom stereocenters. The van der Waals surface area contributed by atoms with Gasteiger partial charge in [0.15, 0.2) is 12.2 Å². The Bertz CT molecular complexity index is 1910. The lowest BCUT2D eigenvalue weighted by Crippen LogP contribution is -2.30. The van der Waals surface area contributed by atoms with Gasteiger partial charge in [0.2, 0.25) is 0 Å². The lowest BCUT2D eigenvalue weighted by atomic mass is 9.99. The molecule has 0 saturated carbocycles. The molecule has 3 N–H and O–H groups in total. The first kappa shape index (κ1) is 96.1. The van der Waals surface area contributed by atoms with Crippen molar-refractivity contribution in [1.82, 2.24) is 0 Å². The molecule has 19 heteroatoms. The van der Waals surface area contributed by atoms with Crippen molar-refractivity contribution in [2.24, 2.45) is 17.8 Å². The van der Waals surface area contributed by atoms with Crippen LogP contribution < -0.4 is 0 Å². The van der Waals surface area contributed by atoms with Gasteiger partial charge in [-0.1, -0.05) is 357 Å². The van der Waals surface area contributed by atoms with Crippen LogP contribution in [0.4, 0.5) is 0 Å². The van der Waals surface area contributed by atoms with Crippen molar-refractivity contribution >= 4 is 39.5 Å². The van der Waals surface area contributed by atoms with E-state index in [2.05, 4.69) is 48.5 Å². The fraction of sp³-hybridized carbons (Fsp3) is 0.949. The standard InChI is InChI=1S/C79H154O17P2/c1-8-10-11-12-13-14-15-16-18-22-25-31-39-46-53-60-76(81)89-66-74(95-78(83)62-55-48-41-32-26-23-20-17-19-21-24-29-36-43-50-57-70(3)4)68-93-97(85,86)91-64-73(80)65-92-98(87,88)94-69-75(67-90-77(82)61-54-47-40-35-34-37-44-51-58-71(5)6)96-79(84)63-56-49-42-33-28-27-30-38-45-52-59-72(7)9-2/h70-75,80H,8-69H2,1-7H3,(H,85,86)(H,87,88)/t72?,73-,74-,75-/m1/s1. The summed E-state index contributed by atoms with van der Waals surface area (Å²) in [6.45, 7) is 11.9. The monoisotopic (exact) mass is 1440 g/mol. The van der Waals surface area contributed by atoms with Crippen LogP contribution >= 0.6 is 15.6 Å². The van der Waals surface area contributed by atoms with E-state index >= 15 is 0 Å². The second kappa shape index (κ2) is 69.4. The van der Waals surface area contributed by atoms with Crippen molar-refractivity contribution in [3.8, 4) is 0 Å². The summed E-state index contributed by atoms with van der Waals surface area (Å²) in [6.07, 6.45) is 56.8. The van der Waals surface area contributed by atoms with Gasteiger partial charge in [-0.15, -0.1) is 0 Å². The predicted molar refractivity (Wildman–Crippen MR) is 400 cm³/mol. The number of ether oxygens (including phenoxy) is 4. The second-order valence-corrected chi connectivity index (χ2v) is 32.6. The van der Waals surface area contributed by atoms with Gasteiger partial charge in [0, 0.05) is 25.7 Å². The van der Waals surface area contributed by atoms with Crippen LogP contribution in [-0.4, -0.2) is 96.7 Å². The molecule has 0 aliphatic heterocycles. The molecule has 0 aromatic carbocycles. The number of hydrogen-bond acceptors (Lipinski definition) is 15. The largest absolute Gasteiger partial charge is 0.472 e. The average molecular weight is 1440 g/mol. The summed E-state index contributed by atoms with van der Waals surface area (Å²) in [6, 6.07) is 0. The summed E-state index contributed by atoms with van der Waals surface area (Å²) in [5, 5.41) is 10.6. The Kier molecular flexibility index (Phi) is 68.1. The van der Waals surface area contributed by atoms with Gasteiger partial charge < -0.3 is 33.8 Å². The van der Waals surface area contributed by atoms with Crippen LogP contribution in [0.15, 0.2) is 0 Å². The summed E-state index contributed by atoms with van der Waals surface area (Å²) in [5.41, 5.74) is 0. The van der Waals surface area contributed by atoms with Gasteiger partial charge >= 0.3 is 39.5 Å². The predicted octanol–water partition coefficient (Wildman–Crippen LogP) is 23.4. The zero-order valence-electron chi connectivity index (χ0n) is 64.3. The van der Waals surface area contributed by atoms with Gasteiger partial charge in [-0.3, -0.25) is 37.3 Å². The number of rotatable bonds is 77. The van der Waals surface area contributed by atoms with E-state index in [4.69, 9.17) is 37.0 Å². The SMILES string of the molecule is CCCCCCCCCCCCCCCCCC(=O)OC[C@H](COP(=O)(O)OC[C@@H](O)COP(=O)(O)OC[C@@H](COC(=O)CCCCCCCCCCC(C)C)OC(=O)CCCCCCCCCCCCC(C)CC)OC(=O)CCCCCCCCCCCCCCCCCC(C)C. The third kappa shape index (κ3) is 71.1. The maximum Gasteiger partial charge on any atom is 0.472 e. The smallest absolute Gasteiger partial charge is 0.462 e. The number of phosphoric ester groups is 2. The molecule has 3 unspecified atom stereocenters. The van der Waals surface area contributed by atoms with Gasteiger partial charge in [-0.2, -0.15) is 0 Å². The molecule has 0 fully saturated rings. The molecule has 0 rings (SSSR count). The second-order valence-electron chi connectivity index (χ2n) is 29.6. The summed E-state index contributed by atoms with van der Waals surface area (Å²) < 4.78 is 68.7. The highest BCUT2D eigenvalue weighted by atomic mass is 31.2. The van der Waals surface area contributed by atoms with E-state index in [-0.39, 0.29) is 25.7 Å². The average Bonchev–Trinajstić information content (AvgIpc) is 1.30. The molecule has 0 aromatic rings. The Morgan fingerprint density at radius 1 is 0.296 bits per heavy atom. The molecule has 0 saturated heterocycles. The van der Waals surface area contributed by atoms with Crippen molar-refractivity contribution in [3.63, 3.8) is 0 Å². The molecule has 0 spiro atoms. The van der Waals surface area contributed by atoms with E-state index < -0.39 is 97.5 Å². The number of aliphatic hydroxyl groups is 1. The minimum Gasteiger partial charge on any atom is -0.462 e. The molecule has 0 aliphatic carbocycles. The number of hydrogen-bond donors (Lipinski definition) is 3. The topological polar surface area (TPSA) is 237 Å². The summed E-state index contributed by atoms with van der Waals surface area (Å²) in [4.78, 5) is 73.0. The zero-order chi connectivity index (χ0) is 72.3. The van der Waals surface area contributed by atoms with Gasteiger partial charge in [-0.05, 0) is 43.4 Å². The Labute approximate surface area is 600 Å². The molecule has 17 nitrogen and oxygen atoms in total. The summed E-state index contributed by atoms with van der Waals surface area (Å²) in [5.74, 6) is 0.219. The lowest BCUT2D eigenvalue weighted by Gasteiger charge is -2.21. The third-order valence-corrected chi connectivity index (χ3v) is 20.6. The van der Waals surface area contributed by atoms with Crippen molar-refractivity contribution in [3.05, 3.63) is 0 Å². The minimum atomic E-state index is -4.96. The van der Waals surface area contributed by atoms with E-state index in [1.54, 1.807) is 0 Å². The lowest BCUT2D eigenvalue weighted by molar-refractivity contribution is -0.161. The summed E-state index contributed by atoms with van der Waals surface area (Å²) >= 11 is 0.